The summed E-state index contributed by atoms with van der Waals surface area (Å²) in [6.07, 6.45) is -2.06. The Morgan fingerprint density at radius 1 is 1.21 bits per heavy atom. The molecule has 2 unspecified atom stereocenters. The molecule has 0 aliphatic carbocycles. The number of rotatable bonds is 5. The molecule has 0 radical (unpaired) electrons. The number of hydrogen-bond acceptors (Lipinski definition) is 4. The van der Waals surface area contributed by atoms with E-state index in [0.717, 1.165) is 18.4 Å². The van der Waals surface area contributed by atoms with Crippen LogP contribution in [-0.2, 0) is 0 Å². The minimum Gasteiger partial charge on any atom is -0.497 e. The SMILES string of the molecule is COc1ccc(OC)c(C2CCCN2C(=O)NC2CCN(CC(F)(F)F)C2)c1. The highest BCUT2D eigenvalue weighted by Gasteiger charge is 2.37. The number of hydrogen-bond donors (Lipinski definition) is 1. The highest BCUT2D eigenvalue weighted by molar-refractivity contribution is 5.75. The standard InChI is InChI=1S/C19H26F3N3O3/c1-27-14-5-6-17(28-2)15(10-14)16-4-3-8-25(16)18(26)23-13-7-9-24(11-13)12-19(20,21)22/h5-6,10,13,16H,3-4,7-9,11-12H2,1-2H3,(H,23,26). The number of amides is 2. The number of carbonyl (C=O) groups is 1. The molecule has 1 N–H and O–H groups in total. The van der Waals surface area contributed by atoms with Gasteiger partial charge in [-0.1, -0.05) is 0 Å². The summed E-state index contributed by atoms with van der Waals surface area (Å²) in [4.78, 5) is 15.9. The predicted octanol–water partition coefficient (Wildman–Crippen LogP) is 3.19. The summed E-state index contributed by atoms with van der Waals surface area (Å²) in [5, 5.41) is 2.91. The number of alkyl halides is 3. The largest absolute Gasteiger partial charge is 0.497 e. The topological polar surface area (TPSA) is 54.0 Å². The van der Waals surface area contributed by atoms with Crippen LogP contribution in [0.2, 0.25) is 0 Å². The maximum Gasteiger partial charge on any atom is 0.401 e. The number of likely N-dealkylation sites (tertiary alicyclic amines) is 2. The molecule has 0 saturated carbocycles. The van der Waals surface area contributed by atoms with Crippen LogP contribution in [0.3, 0.4) is 0 Å². The van der Waals surface area contributed by atoms with Gasteiger partial charge in [0.15, 0.2) is 0 Å². The normalized spacial score (nSPS) is 23.1. The van der Waals surface area contributed by atoms with Crippen molar-refractivity contribution >= 4 is 6.03 Å². The lowest BCUT2D eigenvalue weighted by atomic mass is 10.0. The van der Waals surface area contributed by atoms with E-state index < -0.39 is 12.7 Å². The fourth-order valence-corrected chi connectivity index (χ4v) is 4.04. The van der Waals surface area contributed by atoms with Gasteiger partial charge < -0.3 is 19.7 Å². The second kappa shape index (κ2) is 8.46. The van der Waals surface area contributed by atoms with Crippen molar-refractivity contribution in [2.75, 3.05) is 40.4 Å². The summed E-state index contributed by atoms with van der Waals surface area (Å²) < 4.78 is 48.4. The summed E-state index contributed by atoms with van der Waals surface area (Å²) in [7, 11) is 3.16. The maximum atomic E-state index is 12.8. The first kappa shape index (κ1) is 20.6. The van der Waals surface area contributed by atoms with Crippen LogP contribution >= 0.6 is 0 Å². The molecular formula is C19H26F3N3O3. The molecule has 2 aliphatic rings. The first-order chi connectivity index (χ1) is 13.3. The van der Waals surface area contributed by atoms with Gasteiger partial charge in [0.1, 0.15) is 11.5 Å². The number of benzene rings is 1. The van der Waals surface area contributed by atoms with E-state index in [9.17, 15) is 18.0 Å². The van der Waals surface area contributed by atoms with Gasteiger partial charge in [-0.05, 0) is 37.5 Å². The van der Waals surface area contributed by atoms with Crippen LogP contribution in [-0.4, -0.2) is 68.4 Å². The zero-order chi connectivity index (χ0) is 20.3. The average Bonchev–Trinajstić information content (AvgIpc) is 3.29. The van der Waals surface area contributed by atoms with Gasteiger partial charge in [-0.15, -0.1) is 0 Å². The zero-order valence-corrected chi connectivity index (χ0v) is 16.1. The van der Waals surface area contributed by atoms with Gasteiger partial charge in [-0.3, -0.25) is 4.90 Å². The monoisotopic (exact) mass is 401 g/mol. The Hall–Kier alpha value is -2.16. The molecule has 2 fully saturated rings. The lowest BCUT2D eigenvalue weighted by Crippen LogP contribution is -2.46. The van der Waals surface area contributed by atoms with Gasteiger partial charge >= 0.3 is 12.2 Å². The smallest absolute Gasteiger partial charge is 0.401 e. The van der Waals surface area contributed by atoms with E-state index in [-0.39, 0.29) is 24.7 Å². The molecule has 156 valence electrons. The molecule has 0 aromatic heterocycles. The van der Waals surface area contributed by atoms with Crippen LogP contribution in [0.15, 0.2) is 18.2 Å². The number of nitrogens with zero attached hydrogens (tertiary/aromatic N) is 2. The Balaban J connectivity index is 1.66. The van der Waals surface area contributed by atoms with Gasteiger partial charge in [0.2, 0.25) is 0 Å². The van der Waals surface area contributed by atoms with Crippen molar-refractivity contribution in [2.45, 2.75) is 37.5 Å². The van der Waals surface area contributed by atoms with E-state index in [4.69, 9.17) is 9.47 Å². The van der Waals surface area contributed by atoms with Crippen molar-refractivity contribution in [3.63, 3.8) is 0 Å². The molecule has 3 rings (SSSR count). The summed E-state index contributed by atoms with van der Waals surface area (Å²) >= 11 is 0. The van der Waals surface area contributed by atoms with Crippen molar-refractivity contribution in [3.8, 4) is 11.5 Å². The van der Waals surface area contributed by atoms with Crippen molar-refractivity contribution in [1.82, 2.24) is 15.1 Å². The Morgan fingerprint density at radius 2 is 2.00 bits per heavy atom. The Labute approximate surface area is 162 Å². The van der Waals surface area contributed by atoms with Crippen molar-refractivity contribution in [2.24, 2.45) is 0 Å². The van der Waals surface area contributed by atoms with E-state index in [0.29, 0.717) is 31.0 Å². The lowest BCUT2D eigenvalue weighted by molar-refractivity contribution is -0.143. The van der Waals surface area contributed by atoms with Gasteiger partial charge in [0.05, 0.1) is 26.8 Å². The van der Waals surface area contributed by atoms with Crippen LogP contribution in [0.5, 0.6) is 11.5 Å². The van der Waals surface area contributed by atoms with Crippen LogP contribution in [0.1, 0.15) is 30.9 Å². The maximum absolute atomic E-state index is 12.8. The van der Waals surface area contributed by atoms with E-state index in [2.05, 4.69) is 5.32 Å². The predicted molar refractivity (Wildman–Crippen MR) is 97.7 cm³/mol. The van der Waals surface area contributed by atoms with E-state index >= 15 is 0 Å². The van der Waals surface area contributed by atoms with Gasteiger partial charge in [0, 0.05) is 31.2 Å². The molecule has 28 heavy (non-hydrogen) atoms. The molecule has 9 heteroatoms. The fraction of sp³-hybridized carbons (Fsp3) is 0.632. The summed E-state index contributed by atoms with van der Waals surface area (Å²) in [5.41, 5.74) is 0.875. The van der Waals surface area contributed by atoms with Crippen LogP contribution < -0.4 is 14.8 Å². The number of ether oxygens (including phenoxy) is 2. The number of methoxy groups -OCH3 is 2. The quantitative estimate of drug-likeness (QED) is 0.824. The highest BCUT2D eigenvalue weighted by Crippen LogP contribution is 2.39. The molecule has 0 bridgehead atoms. The Bertz CT molecular complexity index is 699. The number of urea groups is 1. The Kier molecular flexibility index (Phi) is 6.22. The first-order valence-electron chi connectivity index (χ1n) is 9.39. The molecular weight excluding hydrogens is 375 g/mol. The first-order valence-corrected chi connectivity index (χ1v) is 9.39. The van der Waals surface area contributed by atoms with E-state index in [1.165, 1.54) is 4.90 Å². The van der Waals surface area contributed by atoms with E-state index in [1.54, 1.807) is 25.2 Å². The highest BCUT2D eigenvalue weighted by atomic mass is 19.4. The molecule has 6 nitrogen and oxygen atoms in total. The van der Waals surface area contributed by atoms with Crippen LogP contribution in [0.4, 0.5) is 18.0 Å². The molecule has 2 amide bonds. The molecule has 2 heterocycles. The number of halogens is 3. The fourth-order valence-electron chi connectivity index (χ4n) is 4.04. The molecule has 2 aliphatic heterocycles. The van der Waals surface area contributed by atoms with Gasteiger partial charge in [0.25, 0.3) is 0 Å². The van der Waals surface area contributed by atoms with Crippen molar-refractivity contribution in [3.05, 3.63) is 23.8 Å². The molecule has 2 atom stereocenters. The molecule has 0 spiro atoms. The van der Waals surface area contributed by atoms with Crippen LogP contribution in [0.25, 0.3) is 0 Å². The van der Waals surface area contributed by atoms with Crippen molar-refractivity contribution < 1.29 is 27.4 Å². The molecule has 1 aromatic rings. The summed E-state index contributed by atoms with van der Waals surface area (Å²) in [5.74, 6) is 1.37. The minimum absolute atomic E-state index is 0.155. The van der Waals surface area contributed by atoms with Crippen LogP contribution in [0, 0.1) is 0 Å². The summed E-state index contributed by atoms with van der Waals surface area (Å²) in [6.45, 7) is 0.201. The third-order valence-corrected chi connectivity index (χ3v) is 5.31. The average molecular weight is 401 g/mol. The molecule has 1 aromatic carbocycles. The minimum atomic E-state index is -4.22. The van der Waals surface area contributed by atoms with Gasteiger partial charge in [-0.2, -0.15) is 13.2 Å². The number of nitrogens with one attached hydrogen (secondary N) is 1. The zero-order valence-electron chi connectivity index (χ0n) is 16.1. The second-order valence-corrected chi connectivity index (χ2v) is 7.24. The molecule has 2 saturated heterocycles. The number of carbonyl (C=O) groups excluding carboxylic acids is 1. The van der Waals surface area contributed by atoms with E-state index in [1.807, 2.05) is 12.1 Å². The summed E-state index contributed by atoms with van der Waals surface area (Å²) in [6, 6.07) is 4.81. The third-order valence-electron chi connectivity index (χ3n) is 5.31. The Morgan fingerprint density at radius 3 is 2.68 bits per heavy atom. The second-order valence-electron chi connectivity index (χ2n) is 7.24. The van der Waals surface area contributed by atoms with Gasteiger partial charge in [-0.25, -0.2) is 4.79 Å². The van der Waals surface area contributed by atoms with Crippen molar-refractivity contribution in [1.29, 1.82) is 0 Å². The third kappa shape index (κ3) is 4.81. The lowest BCUT2D eigenvalue weighted by Gasteiger charge is -2.28.